The quantitative estimate of drug-likeness (QED) is 0.883. The van der Waals surface area contributed by atoms with Crippen molar-refractivity contribution in [2.75, 3.05) is 11.8 Å². The monoisotopic (exact) mass is 332 g/mol. The van der Waals surface area contributed by atoms with Gasteiger partial charge in [-0.25, -0.2) is 12.8 Å². The summed E-state index contributed by atoms with van der Waals surface area (Å²) >= 11 is 5.70. The average molecular weight is 333 g/mol. The van der Waals surface area contributed by atoms with Gasteiger partial charge in [-0.05, 0) is 32.2 Å². The van der Waals surface area contributed by atoms with Crippen molar-refractivity contribution in [1.82, 2.24) is 5.32 Å². The minimum Gasteiger partial charge on any atom is -0.464 e. The number of aryl methyl sites for hydroxylation is 1. The minimum atomic E-state index is -3.87. The summed E-state index contributed by atoms with van der Waals surface area (Å²) in [5.74, 6) is 0.128. The van der Waals surface area contributed by atoms with Gasteiger partial charge in [0.2, 0.25) is 0 Å². The van der Waals surface area contributed by atoms with E-state index < -0.39 is 15.8 Å². The van der Waals surface area contributed by atoms with Crippen LogP contribution in [0, 0.1) is 12.7 Å². The Kier molecular flexibility index (Phi) is 4.55. The summed E-state index contributed by atoms with van der Waals surface area (Å²) in [6.07, 6.45) is 0. The molecule has 1 heterocycles. The van der Waals surface area contributed by atoms with E-state index in [0.29, 0.717) is 12.3 Å². The molecule has 2 aromatic rings. The summed E-state index contributed by atoms with van der Waals surface area (Å²) < 4.78 is 45.5. The van der Waals surface area contributed by atoms with Crippen LogP contribution in [-0.4, -0.2) is 15.5 Å². The van der Waals surface area contributed by atoms with E-state index >= 15 is 0 Å². The van der Waals surface area contributed by atoms with Crippen molar-refractivity contribution in [1.29, 1.82) is 0 Å². The summed E-state index contributed by atoms with van der Waals surface area (Å²) in [6.45, 7) is 1.95. The molecule has 2 rings (SSSR count). The molecule has 0 saturated heterocycles. The Labute approximate surface area is 127 Å². The molecule has 0 aliphatic heterocycles. The highest BCUT2D eigenvalue weighted by molar-refractivity contribution is 7.92. The van der Waals surface area contributed by atoms with Crippen LogP contribution in [0.15, 0.2) is 33.6 Å². The lowest BCUT2D eigenvalue weighted by Gasteiger charge is -2.07. The van der Waals surface area contributed by atoms with Crippen molar-refractivity contribution in [3.8, 4) is 0 Å². The van der Waals surface area contributed by atoms with E-state index in [-0.39, 0.29) is 21.4 Å². The van der Waals surface area contributed by atoms with Crippen LogP contribution in [0.4, 0.5) is 10.1 Å². The van der Waals surface area contributed by atoms with E-state index in [1.54, 1.807) is 14.0 Å². The third kappa shape index (κ3) is 3.75. The number of rotatable bonds is 5. The largest absolute Gasteiger partial charge is 0.464 e. The average Bonchev–Trinajstić information content (AvgIpc) is 2.69. The summed E-state index contributed by atoms with van der Waals surface area (Å²) in [6, 6.07) is 4.89. The summed E-state index contributed by atoms with van der Waals surface area (Å²) in [7, 11) is -2.15. The molecule has 0 spiro atoms. The van der Waals surface area contributed by atoms with Gasteiger partial charge in [-0.2, -0.15) is 0 Å². The molecule has 0 saturated carbocycles. The smallest absolute Gasteiger partial charge is 0.265 e. The van der Waals surface area contributed by atoms with Gasteiger partial charge in [0, 0.05) is 11.1 Å². The molecule has 0 amide bonds. The zero-order valence-electron chi connectivity index (χ0n) is 11.4. The van der Waals surface area contributed by atoms with E-state index in [1.165, 1.54) is 12.1 Å². The zero-order valence-corrected chi connectivity index (χ0v) is 13.0. The topological polar surface area (TPSA) is 71.3 Å². The highest BCUT2D eigenvalue weighted by atomic mass is 35.5. The third-order valence-electron chi connectivity index (χ3n) is 2.68. The molecule has 2 N–H and O–H groups in total. The summed E-state index contributed by atoms with van der Waals surface area (Å²) in [4.78, 5) is 0.00753. The molecular formula is C13H14ClFN2O3S. The number of sulfonamides is 1. The van der Waals surface area contributed by atoms with E-state index in [2.05, 4.69) is 10.0 Å². The van der Waals surface area contributed by atoms with Gasteiger partial charge in [0.15, 0.2) is 0 Å². The molecule has 1 aromatic heterocycles. The first-order valence-electron chi connectivity index (χ1n) is 6.04. The lowest BCUT2D eigenvalue weighted by Crippen LogP contribution is -2.13. The maximum Gasteiger partial charge on any atom is 0.265 e. The summed E-state index contributed by atoms with van der Waals surface area (Å²) in [5, 5.41) is 2.97. The molecule has 8 heteroatoms. The van der Waals surface area contributed by atoms with E-state index in [1.807, 2.05) is 0 Å². The standard InChI is InChI=1S/C13H14ClFN2O3S/c1-8-13(6-12(20-8)7-16-2)21(18,19)17-11-4-9(14)3-10(15)5-11/h3-6,16-17H,7H2,1-2H3. The second-order valence-corrected chi connectivity index (χ2v) is 6.51. The molecule has 0 atom stereocenters. The molecule has 0 unspecified atom stereocenters. The first-order valence-corrected chi connectivity index (χ1v) is 7.91. The lowest BCUT2D eigenvalue weighted by molar-refractivity contribution is 0.466. The number of anilines is 1. The van der Waals surface area contributed by atoms with E-state index in [4.69, 9.17) is 16.0 Å². The molecule has 5 nitrogen and oxygen atoms in total. The van der Waals surface area contributed by atoms with Gasteiger partial charge in [0.05, 0.1) is 12.2 Å². The van der Waals surface area contributed by atoms with Crippen LogP contribution in [0.25, 0.3) is 0 Å². The number of nitrogens with one attached hydrogen (secondary N) is 2. The number of furan rings is 1. The van der Waals surface area contributed by atoms with Crippen LogP contribution in [0.3, 0.4) is 0 Å². The second kappa shape index (κ2) is 6.05. The molecular weight excluding hydrogens is 319 g/mol. The van der Waals surface area contributed by atoms with Crippen molar-refractivity contribution in [2.45, 2.75) is 18.4 Å². The van der Waals surface area contributed by atoms with Crippen LogP contribution in [0.2, 0.25) is 5.02 Å². The normalized spacial score (nSPS) is 11.6. The van der Waals surface area contributed by atoms with Gasteiger partial charge in [-0.15, -0.1) is 0 Å². The van der Waals surface area contributed by atoms with Crippen molar-refractivity contribution in [2.24, 2.45) is 0 Å². The Hall–Kier alpha value is -1.57. The maximum atomic E-state index is 13.2. The van der Waals surface area contributed by atoms with Gasteiger partial charge in [0.1, 0.15) is 22.2 Å². The van der Waals surface area contributed by atoms with Gasteiger partial charge in [-0.3, -0.25) is 4.72 Å². The van der Waals surface area contributed by atoms with Crippen molar-refractivity contribution >= 4 is 27.3 Å². The van der Waals surface area contributed by atoms with Gasteiger partial charge in [0.25, 0.3) is 10.0 Å². The molecule has 0 aliphatic carbocycles. The van der Waals surface area contributed by atoms with Crippen molar-refractivity contribution in [3.63, 3.8) is 0 Å². The Morgan fingerprint density at radius 2 is 2.00 bits per heavy atom. The molecule has 0 aliphatic rings. The number of benzene rings is 1. The number of hydrogen-bond donors (Lipinski definition) is 2. The van der Waals surface area contributed by atoms with Gasteiger partial charge < -0.3 is 9.73 Å². The van der Waals surface area contributed by atoms with Crippen LogP contribution in [-0.2, 0) is 16.6 Å². The fourth-order valence-corrected chi connectivity index (χ4v) is 3.34. The van der Waals surface area contributed by atoms with E-state index in [9.17, 15) is 12.8 Å². The second-order valence-electron chi connectivity index (χ2n) is 4.43. The maximum absolute atomic E-state index is 13.2. The molecule has 21 heavy (non-hydrogen) atoms. The molecule has 0 radical (unpaired) electrons. The highest BCUT2D eigenvalue weighted by Crippen LogP contribution is 2.25. The van der Waals surface area contributed by atoms with Crippen LogP contribution in [0.1, 0.15) is 11.5 Å². The third-order valence-corrected chi connectivity index (χ3v) is 4.39. The zero-order chi connectivity index (χ0) is 15.6. The molecule has 114 valence electrons. The minimum absolute atomic E-state index is 0.00753. The predicted molar refractivity (Wildman–Crippen MR) is 78.4 cm³/mol. The Balaban J connectivity index is 2.33. The van der Waals surface area contributed by atoms with Gasteiger partial charge >= 0.3 is 0 Å². The van der Waals surface area contributed by atoms with Crippen molar-refractivity contribution < 1.29 is 17.2 Å². The fourth-order valence-electron chi connectivity index (χ4n) is 1.88. The van der Waals surface area contributed by atoms with Crippen LogP contribution in [0.5, 0.6) is 0 Å². The molecule has 1 aromatic carbocycles. The molecule has 0 bridgehead atoms. The Bertz CT molecular complexity index is 739. The SMILES string of the molecule is CNCc1cc(S(=O)(=O)Nc2cc(F)cc(Cl)c2)c(C)o1. The number of halogens is 2. The predicted octanol–water partition coefficient (Wildman–Crippen LogP) is 2.90. The first kappa shape index (κ1) is 15.8. The Morgan fingerprint density at radius 3 is 2.62 bits per heavy atom. The fraction of sp³-hybridized carbons (Fsp3) is 0.231. The first-order chi connectivity index (χ1) is 9.81. The Morgan fingerprint density at radius 1 is 1.29 bits per heavy atom. The van der Waals surface area contributed by atoms with Crippen LogP contribution >= 0.6 is 11.6 Å². The highest BCUT2D eigenvalue weighted by Gasteiger charge is 2.21. The van der Waals surface area contributed by atoms with E-state index in [0.717, 1.165) is 12.1 Å². The van der Waals surface area contributed by atoms with Gasteiger partial charge in [-0.1, -0.05) is 11.6 Å². The number of hydrogen-bond acceptors (Lipinski definition) is 4. The summed E-state index contributed by atoms with van der Waals surface area (Å²) in [5.41, 5.74) is 0.0516. The van der Waals surface area contributed by atoms with Crippen LogP contribution < -0.4 is 10.0 Å². The van der Waals surface area contributed by atoms with Crippen molar-refractivity contribution in [3.05, 3.63) is 46.6 Å². The molecule has 0 fully saturated rings. The lowest BCUT2D eigenvalue weighted by atomic mass is 10.3.